The predicted molar refractivity (Wildman–Crippen MR) is 92.5 cm³/mol. The molecule has 24 heavy (non-hydrogen) atoms. The van der Waals surface area contributed by atoms with Crippen molar-refractivity contribution < 1.29 is 18.7 Å². The fourth-order valence-electron chi connectivity index (χ4n) is 3.50. The van der Waals surface area contributed by atoms with Gasteiger partial charge in [0.05, 0.1) is 12.6 Å². The van der Waals surface area contributed by atoms with Crippen LogP contribution >= 0.6 is 15.9 Å². The van der Waals surface area contributed by atoms with Gasteiger partial charge in [-0.1, -0.05) is 15.9 Å². The Morgan fingerprint density at radius 2 is 2.17 bits per heavy atom. The van der Waals surface area contributed by atoms with Gasteiger partial charge in [-0.05, 0) is 57.7 Å². The molecular weight excluding hydrogens is 377 g/mol. The van der Waals surface area contributed by atoms with Gasteiger partial charge in [0.2, 0.25) is 0 Å². The summed E-state index contributed by atoms with van der Waals surface area (Å²) in [4.78, 5) is 14.2. The number of likely N-dealkylation sites (tertiary alicyclic amines) is 1. The molecule has 1 fully saturated rings. The quantitative estimate of drug-likeness (QED) is 0.692. The Hall–Kier alpha value is -1.14. The molecule has 2 heterocycles. The van der Waals surface area contributed by atoms with Crippen LogP contribution < -0.4 is 0 Å². The second-order valence-corrected chi connectivity index (χ2v) is 8.20. The van der Waals surface area contributed by atoms with Crippen LogP contribution in [0, 0.1) is 5.82 Å². The van der Waals surface area contributed by atoms with Crippen LogP contribution in [0.4, 0.5) is 9.18 Å². The van der Waals surface area contributed by atoms with Gasteiger partial charge in [-0.2, -0.15) is 0 Å². The zero-order valence-electron chi connectivity index (χ0n) is 14.3. The number of rotatable bonds is 1. The highest BCUT2D eigenvalue weighted by molar-refractivity contribution is 9.10. The second-order valence-electron chi connectivity index (χ2n) is 7.35. The first-order valence-electron chi connectivity index (χ1n) is 8.36. The molecule has 0 bridgehead atoms. The minimum Gasteiger partial charge on any atom is -0.444 e. The zero-order chi connectivity index (χ0) is 17.5. The lowest BCUT2D eigenvalue weighted by molar-refractivity contribution is -0.0282. The monoisotopic (exact) mass is 399 g/mol. The van der Waals surface area contributed by atoms with E-state index in [-0.39, 0.29) is 18.0 Å². The fourth-order valence-corrected chi connectivity index (χ4v) is 4.04. The van der Waals surface area contributed by atoms with Crippen molar-refractivity contribution in [1.82, 2.24) is 4.90 Å². The highest BCUT2D eigenvalue weighted by Crippen LogP contribution is 2.40. The lowest BCUT2D eigenvalue weighted by Crippen LogP contribution is -2.44. The number of halogens is 2. The third-order valence-electron chi connectivity index (χ3n) is 4.46. The maximum Gasteiger partial charge on any atom is 0.410 e. The fraction of sp³-hybridized carbons (Fsp3) is 0.611. The van der Waals surface area contributed by atoms with E-state index < -0.39 is 11.7 Å². The van der Waals surface area contributed by atoms with Crippen molar-refractivity contribution in [3.8, 4) is 0 Å². The van der Waals surface area contributed by atoms with Gasteiger partial charge in [0.15, 0.2) is 0 Å². The maximum absolute atomic E-state index is 14.5. The van der Waals surface area contributed by atoms with Crippen molar-refractivity contribution >= 4 is 22.0 Å². The summed E-state index contributed by atoms with van der Waals surface area (Å²) >= 11 is 3.51. The molecule has 1 saturated heterocycles. The van der Waals surface area contributed by atoms with Crippen LogP contribution in [-0.4, -0.2) is 35.8 Å². The molecule has 2 atom stereocenters. The Labute approximate surface area is 150 Å². The molecule has 0 spiro atoms. The lowest BCUT2D eigenvalue weighted by atomic mass is 9.91. The summed E-state index contributed by atoms with van der Waals surface area (Å²) in [6.07, 6.45) is 1.53. The molecule has 6 heteroatoms. The van der Waals surface area contributed by atoms with E-state index in [9.17, 15) is 9.18 Å². The number of nitrogens with zero attached hydrogens (tertiary/aromatic N) is 1. The number of ether oxygens (including phenoxy) is 2. The summed E-state index contributed by atoms with van der Waals surface area (Å²) in [6.45, 7) is 6.68. The Bertz CT molecular complexity index is 644. The molecule has 0 aliphatic carbocycles. The highest BCUT2D eigenvalue weighted by Gasteiger charge is 2.41. The van der Waals surface area contributed by atoms with Gasteiger partial charge >= 0.3 is 6.09 Å². The molecule has 1 aromatic carbocycles. The third kappa shape index (κ3) is 3.45. The van der Waals surface area contributed by atoms with E-state index in [2.05, 4.69) is 15.9 Å². The van der Waals surface area contributed by atoms with E-state index in [1.165, 1.54) is 6.07 Å². The third-order valence-corrected chi connectivity index (χ3v) is 5.20. The number of hydrogen-bond acceptors (Lipinski definition) is 3. The van der Waals surface area contributed by atoms with Gasteiger partial charge < -0.3 is 14.4 Å². The van der Waals surface area contributed by atoms with Gasteiger partial charge in [-0.15, -0.1) is 0 Å². The minimum atomic E-state index is -0.552. The summed E-state index contributed by atoms with van der Waals surface area (Å²) in [6, 6.07) is 3.00. The Morgan fingerprint density at radius 1 is 1.42 bits per heavy atom. The number of fused-ring (bicyclic) bond motifs is 1. The van der Waals surface area contributed by atoms with Crippen molar-refractivity contribution in [2.75, 3.05) is 13.2 Å². The average Bonchev–Trinajstić information content (AvgIpc) is 2.98. The van der Waals surface area contributed by atoms with E-state index in [1.54, 1.807) is 11.0 Å². The van der Waals surface area contributed by atoms with Gasteiger partial charge in [-0.3, -0.25) is 0 Å². The molecule has 0 aromatic heterocycles. The van der Waals surface area contributed by atoms with Crippen LogP contribution in [0.1, 0.15) is 50.8 Å². The normalized spacial score (nSPS) is 24.0. The molecule has 0 saturated carbocycles. The maximum atomic E-state index is 14.5. The zero-order valence-corrected chi connectivity index (χ0v) is 15.9. The number of benzene rings is 1. The molecule has 1 aromatic rings. The molecule has 132 valence electrons. The number of hydrogen-bond donors (Lipinski definition) is 0. The first-order valence-corrected chi connectivity index (χ1v) is 9.15. The molecule has 0 radical (unpaired) electrons. The van der Waals surface area contributed by atoms with Crippen LogP contribution in [0.25, 0.3) is 0 Å². The number of carbonyl (C=O) groups excluding carboxylic acids is 1. The number of carbonyl (C=O) groups is 1. The SMILES string of the molecule is CC(C)(C)OC(=O)N1CCC[C@H]1C1OCCc2c(Br)ccc(F)c21. The summed E-state index contributed by atoms with van der Waals surface area (Å²) in [5.41, 5.74) is 0.975. The summed E-state index contributed by atoms with van der Waals surface area (Å²) in [5.74, 6) is -0.270. The molecule has 3 rings (SSSR count). The Morgan fingerprint density at radius 3 is 2.88 bits per heavy atom. The summed E-state index contributed by atoms with van der Waals surface area (Å²) < 4.78 is 26.9. The molecular formula is C18H23BrFNO3. The van der Waals surface area contributed by atoms with Crippen molar-refractivity contribution in [3.63, 3.8) is 0 Å². The van der Waals surface area contributed by atoms with Crippen LogP contribution in [0.5, 0.6) is 0 Å². The van der Waals surface area contributed by atoms with Crippen molar-refractivity contribution in [2.45, 2.75) is 57.8 Å². The van der Waals surface area contributed by atoms with Crippen LogP contribution in [0.3, 0.4) is 0 Å². The number of amides is 1. The van der Waals surface area contributed by atoms with Gasteiger partial charge in [0, 0.05) is 16.6 Å². The Balaban J connectivity index is 1.90. The first-order chi connectivity index (χ1) is 11.3. The summed E-state index contributed by atoms with van der Waals surface area (Å²) in [5, 5.41) is 0. The first kappa shape index (κ1) is 17.7. The topological polar surface area (TPSA) is 38.8 Å². The second kappa shape index (κ2) is 6.64. The lowest BCUT2D eigenvalue weighted by Gasteiger charge is -2.36. The van der Waals surface area contributed by atoms with Gasteiger partial charge in [0.1, 0.15) is 17.5 Å². The van der Waals surface area contributed by atoms with Crippen molar-refractivity contribution in [1.29, 1.82) is 0 Å². The molecule has 4 nitrogen and oxygen atoms in total. The highest BCUT2D eigenvalue weighted by atomic mass is 79.9. The standard InChI is InChI=1S/C18H23BrFNO3/c1-18(2,3)24-17(22)21-9-4-5-14(21)16-15-11(8-10-23-16)12(19)6-7-13(15)20/h6-7,14,16H,4-5,8-10H2,1-3H3/t14-,16?/m0/s1. The van der Waals surface area contributed by atoms with E-state index in [4.69, 9.17) is 9.47 Å². The minimum absolute atomic E-state index is 0.192. The van der Waals surface area contributed by atoms with Gasteiger partial charge in [-0.25, -0.2) is 9.18 Å². The predicted octanol–water partition coefficient (Wildman–Crippen LogP) is 4.60. The van der Waals surface area contributed by atoms with E-state index >= 15 is 0 Å². The molecule has 2 aliphatic rings. The largest absolute Gasteiger partial charge is 0.444 e. The smallest absolute Gasteiger partial charge is 0.410 e. The Kier molecular flexibility index (Phi) is 4.89. The van der Waals surface area contributed by atoms with Crippen molar-refractivity contribution in [3.05, 3.63) is 33.5 Å². The van der Waals surface area contributed by atoms with Crippen LogP contribution in [0.2, 0.25) is 0 Å². The molecule has 1 unspecified atom stereocenters. The molecule has 1 amide bonds. The van der Waals surface area contributed by atoms with Gasteiger partial charge in [0.25, 0.3) is 0 Å². The van der Waals surface area contributed by atoms with E-state index in [1.807, 2.05) is 20.8 Å². The van der Waals surface area contributed by atoms with Crippen molar-refractivity contribution in [2.24, 2.45) is 0 Å². The average molecular weight is 400 g/mol. The molecule has 0 N–H and O–H groups in total. The summed E-state index contributed by atoms with van der Waals surface area (Å²) in [7, 11) is 0. The molecule has 2 aliphatic heterocycles. The van der Waals surface area contributed by atoms with Crippen LogP contribution in [-0.2, 0) is 15.9 Å². The van der Waals surface area contributed by atoms with E-state index in [0.29, 0.717) is 25.1 Å². The van der Waals surface area contributed by atoms with Crippen LogP contribution in [0.15, 0.2) is 16.6 Å². The van der Waals surface area contributed by atoms with E-state index in [0.717, 1.165) is 22.9 Å².